The third-order valence-electron chi connectivity index (χ3n) is 3.80. The van der Waals surface area contributed by atoms with Crippen molar-refractivity contribution in [2.24, 2.45) is 17.1 Å². The molecule has 1 aromatic heterocycles. The Morgan fingerprint density at radius 1 is 1.40 bits per heavy atom. The van der Waals surface area contributed by atoms with Crippen molar-refractivity contribution < 1.29 is 4.79 Å². The molecule has 0 fully saturated rings. The van der Waals surface area contributed by atoms with Gasteiger partial charge in [0.2, 0.25) is 0 Å². The van der Waals surface area contributed by atoms with Crippen molar-refractivity contribution in [1.29, 1.82) is 0 Å². The van der Waals surface area contributed by atoms with Crippen LogP contribution >= 0.6 is 0 Å². The first-order valence-electron chi connectivity index (χ1n) is 7.51. The molecule has 0 aliphatic carbocycles. The van der Waals surface area contributed by atoms with E-state index in [0.29, 0.717) is 24.6 Å². The van der Waals surface area contributed by atoms with E-state index in [4.69, 9.17) is 5.73 Å². The summed E-state index contributed by atoms with van der Waals surface area (Å²) < 4.78 is 1.71. The lowest BCUT2D eigenvalue weighted by Crippen LogP contribution is -2.24. The second-order valence-corrected chi connectivity index (χ2v) is 6.44. The second-order valence-electron chi connectivity index (χ2n) is 6.44. The number of carbonyl (C=O) groups is 1. The minimum atomic E-state index is 0.134. The summed E-state index contributed by atoms with van der Waals surface area (Å²) in [6.07, 6.45) is 4.90. The molecule has 1 rings (SSSR count). The summed E-state index contributed by atoms with van der Waals surface area (Å²) in [5.41, 5.74) is 6.50. The van der Waals surface area contributed by atoms with E-state index < -0.39 is 0 Å². The molecule has 0 radical (unpaired) electrons. The van der Waals surface area contributed by atoms with E-state index in [2.05, 4.69) is 38.0 Å². The fourth-order valence-electron chi connectivity index (χ4n) is 2.50. The van der Waals surface area contributed by atoms with Crippen LogP contribution in [0.3, 0.4) is 0 Å². The average Bonchev–Trinajstić information content (AvgIpc) is 2.81. The molecule has 0 saturated carbocycles. The van der Waals surface area contributed by atoms with E-state index in [9.17, 15) is 4.79 Å². The van der Waals surface area contributed by atoms with Gasteiger partial charge < -0.3 is 5.73 Å². The summed E-state index contributed by atoms with van der Waals surface area (Å²) in [5.74, 6) is 0.599. The summed E-state index contributed by atoms with van der Waals surface area (Å²) in [6.45, 7) is 10.1. The van der Waals surface area contributed by atoms with E-state index in [1.807, 2.05) is 0 Å². The van der Waals surface area contributed by atoms with Gasteiger partial charge in [-0.25, -0.2) is 4.68 Å². The van der Waals surface area contributed by atoms with Gasteiger partial charge in [0.25, 0.3) is 0 Å². The number of carbonyl (C=O) groups excluding carboxylic acids is 1. The first-order valence-corrected chi connectivity index (χ1v) is 7.51. The predicted octanol–water partition coefficient (Wildman–Crippen LogP) is 2.66. The van der Waals surface area contributed by atoms with Crippen molar-refractivity contribution in [1.82, 2.24) is 15.0 Å². The van der Waals surface area contributed by atoms with Crippen molar-refractivity contribution >= 4 is 5.78 Å². The van der Waals surface area contributed by atoms with Gasteiger partial charge in [-0.15, -0.1) is 5.10 Å². The molecule has 114 valence electrons. The van der Waals surface area contributed by atoms with Gasteiger partial charge in [0.1, 0.15) is 5.69 Å². The van der Waals surface area contributed by atoms with Gasteiger partial charge in [-0.1, -0.05) is 32.9 Å². The van der Waals surface area contributed by atoms with Crippen molar-refractivity contribution in [3.8, 4) is 0 Å². The van der Waals surface area contributed by atoms with E-state index in [1.165, 1.54) is 0 Å². The Balaban J connectivity index is 2.63. The molecular weight excluding hydrogens is 252 g/mol. The van der Waals surface area contributed by atoms with Crippen molar-refractivity contribution in [3.05, 3.63) is 11.9 Å². The van der Waals surface area contributed by atoms with Crippen LogP contribution in [0.2, 0.25) is 0 Å². The molecule has 5 heteroatoms. The maximum atomic E-state index is 12.3. The first-order chi connectivity index (χ1) is 9.40. The number of rotatable bonds is 8. The van der Waals surface area contributed by atoms with E-state index >= 15 is 0 Å². The Bertz CT molecular complexity index is 420. The number of nitrogens with two attached hydrogens (primary N) is 1. The monoisotopic (exact) mass is 280 g/mol. The predicted molar refractivity (Wildman–Crippen MR) is 80.5 cm³/mol. The van der Waals surface area contributed by atoms with E-state index in [1.54, 1.807) is 10.9 Å². The molecule has 5 nitrogen and oxygen atoms in total. The van der Waals surface area contributed by atoms with E-state index in [-0.39, 0.29) is 11.2 Å². The summed E-state index contributed by atoms with van der Waals surface area (Å²) in [5, 5.41) is 7.81. The third kappa shape index (κ3) is 4.71. The Kier molecular flexibility index (Phi) is 6.33. The Hall–Kier alpha value is -1.23. The summed E-state index contributed by atoms with van der Waals surface area (Å²) in [6, 6.07) is 0. The van der Waals surface area contributed by atoms with Crippen LogP contribution in [0.5, 0.6) is 0 Å². The Morgan fingerprint density at radius 3 is 2.65 bits per heavy atom. The number of hydrogen-bond acceptors (Lipinski definition) is 4. The highest BCUT2D eigenvalue weighted by Crippen LogP contribution is 2.32. The Morgan fingerprint density at radius 2 is 2.10 bits per heavy atom. The zero-order valence-electron chi connectivity index (χ0n) is 13.2. The molecule has 0 amide bonds. The third-order valence-corrected chi connectivity index (χ3v) is 3.80. The van der Waals surface area contributed by atoms with Crippen LogP contribution < -0.4 is 5.73 Å². The average molecular weight is 280 g/mol. The van der Waals surface area contributed by atoms with Crippen LogP contribution in [0, 0.1) is 11.3 Å². The van der Waals surface area contributed by atoms with Gasteiger partial charge >= 0.3 is 0 Å². The standard InChI is InChI=1S/C15H28N4O/c1-5-10-19-13(11-17-18-19)14(20)7-6-12(8-9-16)15(2,3)4/h11-12H,5-10,16H2,1-4H3. The van der Waals surface area contributed by atoms with Crippen molar-refractivity contribution in [2.45, 2.75) is 59.9 Å². The van der Waals surface area contributed by atoms with Gasteiger partial charge in [-0.2, -0.15) is 0 Å². The number of hydrogen-bond donors (Lipinski definition) is 1. The normalized spacial score (nSPS) is 13.4. The molecule has 1 heterocycles. The number of aromatic nitrogens is 3. The lowest BCUT2D eigenvalue weighted by Gasteiger charge is -2.30. The molecule has 0 bridgehead atoms. The highest BCUT2D eigenvalue weighted by Gasteiger charge is 2.25. The molecule has 1 aromatic rings. The van der Waals surface area contributed by atoms with Crippen molar-refractivity contribution in [2.75, 3.05) is 6.54 Å². The molecule has 0 saturated heterocycles. The molecule has 1 atom stereocenters. The van der Waals surface area contributed by atoms with Gasteiger partial charge in [0.15, 0.2) is 5.78 Å². The van der Waals surface area contributed by atoms with Gasteiger partial charge in [-0.05, 0) is 37.1 Å². The molecule has 0 spiro atoms. The maximum Gasteiger partial charge on any atom is 0.182 e. The lowest BCUT2D eigenvalue weighted by atomic mass is 9.76. The van der Waals surface area contributed by atoms with Gasteiger partial charge in [0, 0.05) is 13.0 Å². The summed E-state index contributed by atoms with van der Waals surface area (Å²) >= 11 is 0. The molecule has 2 N–H and O–H groups in total. The largest absolute Gasteiger partial charge is 0.330 e. The molecule has 0 aromatic carbocycles. The molecule has 0 aliphatic rings. The van der Waals surface area contributed by atoms with Crippen LogP contribution in [0.15, 0.2) is 6.20 Å². The lowest BCUT2D eigenvalue weighted by molar-refractivity contribution is 0.0947. The summed E-state index contributed by atoms with van der Waals surface area (Å²) in [4.78, 5) is 12.3. The minimum Gasteiger partial charge on any atom is -0.330 e. The topological polar surface area (TPSA) is 73.8 Å². The van der Waals surface area contributed by atoms with E-state index in [0.717, 1.165) is 25.8 Å². The summed E-state index contributed by atoms with van der Waals surface area (Å²) in [7, 11) is 0. The SMILES string of the molecule is CCCn1nncc1C(=O)CCC(CCN)C(C)(C)C. The number of nitrogens with zero attached hydrogens (tertiary/aromatic N) is 3. The fourth-order valence-corrected chi connectivity index (χ4v) is 2.50. The van der Waals surface area contributed by atoms with Gasteiger partial charge in [-0.3, -0.25) is 4.79 Å². The number of aryl methyl sites for hydroxylation is 1. The van der Waals surface area contributed by atoms with Gasteiger partial charge in [0.05, 0.1) is 6.20 Å². The molecule has 1 unspecified atom stereocenters. The minimum absolute atomic E-state index is 0.134. The van der Waals surface area contributed by atoms with Crippen LogP contribution in [0.1, 0.15) is 63.9 Å². The number of ketones is 1. The first kappa shape index (κ1) is 16.8. The maximum absolute atomic E-state index is 12.3. The van der Waals surface area contributed by atoms with Crippen LogP contribution in [-0.4, -0.2) is 27.3 Å². The molecule has 20 heavy (non-hydrogen) atoms. The fraction of sp³-hybridized carbons (Fsp3) is 0.800. The molecular formula is C15H28N4O. The highest BCUT2D eigenvalue weighted by molar-refractivity contribution is 5.94. The highest BCUT2D eigenvalue weighted by atomic mass is 16.1. The second kappa shape index (κ2) is 7.53. The smallest absolute Gasteiger partial charge is 0.182 e. The molecule has 0 aliphatic heterocycles. The van der Waals surface area contributed by atoms with Crippen LogP contribution in [0.25, 0.3) is 0 Å². The van der Waals surface area contributed by atoms with Crippen LogP contribution in [-0.2, 0) is 6.54 Å². The quantitative estimate of drug-likeness (QED) is 0.743. The number of Topliss-reactive ketones (excluding diaryl/α,β-unsaturated/α-hetero) is 1. The van der Waals surface area contributed by atoms with Crippen LogP contribution in [0.4, 0.5) is 0 Å². The van der Waals surface area contributed by atoms with Crippen molar-refractivity contribution in [3.63, 3.8) is 0 Å². The zero-order valence-corrected chi connectivity index (χ0v) is 13.2. The zero-order chi connectivity index (χ0) is 15.2. The Labute approximate surface area is 121 Å².